The van der Waals surface area contributed by atoms with Crippen LogP contribution in [0.3, 0.4) is 0 Å². The topological polar surface area (TPSA) is 93.9 Å². The first-order valence-electron chi connectivity index (χ1n) is 8.38. The second-order valence-corrected chi connectivity index (χ2v) is 6.48. The second-order valence-electron chi connectivity index (χ2n) is 5.56. The highest BCUT2D eigenvalue weighted by Crippen LogP contribution is 2.29. The smallest absolute Gasteiger partial charge is 0.375 e. The van der Waals surface area contributed by atoms with Crippen LogP contribution in [0.2, 0.25) is 0 Å². The maximum atomic E-state index is 11.6. The molecule has 0 saturated carbocycles. The molecule has 28 heavy (non-hydrogen) atoms. The number of thioether (sulfide) groups is 1. The minimum absolute atomic E-state index is 0.00875. The van der Waals surface area contributed by atoms with E-state index in [-0.39, 0.29) is 12.4 Å². The first kappa shape index (κ1) is 17.8. The first-order valence-corrected chi connectivity index (χ1v) is 9.36. The van der Waals surface area contributed by atoms with Gasteiger partial charge in [-0.2, -0.15) is 0 Å². The summed E-state index contributed by atoms with van der Waals surface area (Å²) in [6, 6.07) is 14.0. The van der Waals surface area contributed by atoms with Gasteiger partial charge in [-0.15, -0.1) is 10.2 Å². The number of carbonyl (C=O) groups excluding carboxylic acids is 1. The highest BCUT2D eigenvalue weighted by atomic mass is 32.2. The number of hydrogen-bond acceptors (Lipinski definition) is 7. The Hall–Kier alpha value is -3.57. The fraction of sp³-hybridized carbons (Fsp3) is 0.100. The van der Waals surface area contributed by atoms with Crippen molar-refractivity contribution in [2.24, 2.45) is 0 Å². The van der Waals surface area contributed by atoms with Gasteiger partial charge < -0.3 is 14.1 Å². The Labute approximate surface area is 164 Å². The molecule has 0 bridgehead atoms. The quantitative estimate of drug-likeness (QED) is 0.316. The van der Waals surface area contributed by atoms with Crippen molar-refractivity contribution in [2.45, 2.75) is 5.22 Å². The largest absolute Gasteiger partial charge is 0.447 e. The molecule has 2 aromatic heterocycles. The van der Waals surface area contributed by atoms with Gasteiger partial charge >= 0.3 is 5.97 Å². The van der Waals surface area contributed by atoms with Crippen LogP contribution < -0.4 is 0 Å². The summed E-state index contributed by atoms with van der Waals surface area (Å²) in [6.45, 7) is -0.00875. The molecular formula is C20H14N4O3S. The molecule has 0 aliphatic heterocycles. The van der Waals surface area contributed by atoms with Crippen molar-refractivity contribution >= 4 is 28.5 Å². The van der Waals surface area contributed by atoms with E-state index in [1.165, 1.54) is 18.0 Å². The number of esters is 1. The predicted molar refractivity (Wildman–Crippen MR) is 105 cm³/mol. The number of nitrogens with zero attached hydrogens (tertiary/aromatic N) is 3. The highest BCUT2D eigenvalue weighted by molar-refractivity contribution is 7.99. The van der Waals surface area contributed by atoms with Crippen molar-refractivity contribution in [3.63, 3.8) is 0 Å². The van der Waals surface area contributed by atoms with Crippen molar-refractivity contribution < 1.29 is 13.9 Å². The van der Waals surface area contributed by atoms with Gasteiger partial charge in [0.2, 0.25) is 11.7 Å². The van der Waals surface area contributed by atoms with Gasteiger partial charge in [-0.1, -0.05) is 60.0 Å². The number of benzene rings is 2. The van der Waals surface area contributed by atoms with E-state index in [1.54, 1.807) is 6.20 Å². The lowest BCUT2D eigenvalue weighted by molar-refractivity contribution is 0.0543. The molecule has 0 aliphatic carbocycles. The van der Waals surface area contributed by atoms with Crippen molar-refractivity contribution in [3.05, 3.63) is 60.7 Å². The summed E-state index contributed by atoms with van der Waals surface area (Å²) in [4.78, 5) is 18.0. The summed E-state index contributed by atoms with van der Waals surface area (Å²) in [5, 5.41) is 10.8. The van der Waals surface area contributed by atoms with Gasteiger partial charge in [-0.3, -0.25) is 0 Å². The molecule has 0 atom stereocenters. The number of carbonyl (C=O) groups is 1. The van der Waals surface area contributed by atoms with Gasteiger partial charge in [0.15, 0.2) is 6.61 Å². The van der Waals surface area contributed by atoms with Gasteiger partial charge in [0.25, 0.3) is 5.22 Å². The number of rotatable bonds is 5. The molecule has 8 heteroatoms. The predicted octanol–water partition coefficient (Wildman–Crippen LogP) is 3.57. The minimum atomic E-state index is -0.538. The molecule has 2 aromatic carbocycles. The molecule has 0 aliphatic rings. The van der Waals surface area contributed by atoms with Crippen LogP contribution in [0.25, 0.3) is 22.2 Å². The average molecular weight is 390 g/mol. The van der Waals surface area contributed by atoms with Crippen LogP contribution >= 0.6 is 11.8 Å². The molecular weight excluding hydrogens is 376 g/mol. The van der Waals surface area contributed by atoms with Gasteiger partial charge in [-0.25, -0.2) is 9.78 Å². The number of fused-ring (bicyclic) bond motifs is 1. The zero-order valence-electron chi connectivity index (χ0n) is 14.6. The molecule has 0 spiro atoms. The van der Waals surface area contributed by atoms with Gasteiger partial charge in [0.05, 0.1) is 5.75 Å². The third kappa shape index (κ3) is 4.05. The normalized spacial score (nSPS) is 10.4. The van der Waals surface area contributed by atoms with E-state index in [2.05, 4.69) is 32.0 Å². The Bertz CT molecular complexity index is 1150. The van der Waals surface area contributed by atoms with Crippen LogP contribution in [0.15, 0.2) is 64.5 Å². The molecule has 138 valence electrons. The van der Waals surface area contributed by atoms with Gasteiger partial charge in [0, 0.05) is 18.0 Å². The summed E-state index contributed by atoms with van der Waals surface area (Å²) >= 11 is 1.33. The number of imidazole rings is 1. The highest BCUT2D eigenvalue weighted by Gasteiger charge is 2.11. The number of ether oxygens (including phenoxy) is 1. The van der Waals surface area contributed by atoms with Crippen molar-refractivity contribution in [1.29, 1.82) is 0 Å². The van der Waals surface area contributed by atoms with E-state index < -0.39 is 5.97 Å². The Morgan fingerprint density at radius 2 is 2.04 bits per heavy atom. The number of hydrogen-bond donors (Lipinski definition) is 1. The molecule has 1 N–H and O–H groups in total. The summed E-state index contributed by atoms with van der Waals surface area (Å²) in [5.41, 5.74) is 0.897. The van der Waals surface area contributed by atoms with Gasteiger partial charge in [0.1, 0.15) is 0 Å². The van der Waals surface area contributed by atoms with E-state index in [0.717, 1.165) is 16.3 Å². The Morgan fingerprint density at radius 3 is 2.93 bits per heavy atom. The molecule has 2 heterocycles. The average Bonchev–Trinajstić information content (AvgIpc) is 3.42. The van der Waals surface area contributed by atoms with Crippen molar-refractivity contribution in [3.8, 4) is 23.3 Å². The van der Waals surface area contributed by atoms with Crippen LogP contribution in [0, 0.1) is 11.8 Å². The lowest BCUT2D eigenvalue weighted by Gasteiger charge is -2.01. The summed E-state index contributed by atoms with van der Waals surface area (Å²) in [7, 11) is 0. The zero-order valence-corrected chi connectivity index (χ0v) is 15.4. The Kier molecular flexibility index (Phi) is 5.36. The summed E-state index contributed by atoms with van der Waals surface area (Å²) < 4.78 is 10.7. The second kappa shape index (κ2) is 8.41. The lowest BCUT2D eigenvalue weighted by atomic mass is 10.0. The number of nitrogens with one attached hydrogen (secondary N) is 1. The maximum absolute atomic E-state index is 11.6. The molecule has 7 nitrogen and oxygen atoms in total. The molecule has 0 saturated heterocycles. The molecule has 0 fully saturated rings. The Balaban J connectivity index is 1.33. The first-order chi connectivity index (χ1) is 13.8. The summed E-state index contributed by atoms with van der Waals surface area (Å²) in [5.74, 6) is 6.19. The van der Waals surface area contributed by atoms with Crippen LogP contribution in [0.1, 0.15) is 10.6 Å². The third-order valence-corrected chi connectivity index (χ3v) is 4.49. The molecule has 0 radical (unpaired) electrons. The third-order valence-electron chi connectivity index (χ3n) is 3.79. The van der Waals surface area contributed by atoms with E-state index in [4.69, 9.17) is 9.15 Å². The van der Waals surface area contributed by atoms with E-state index in [9.17, 15) is 4.79 Å². The SMILES string of the molecule is O=C(OCC#CCSc1nnc(-c2cccc3ccccc23)o1)c1ncc[nH]1. The fourth-order valence-corrected chi connectivity index (χ4v) is 3.07. The van der Waals surface area contributed by atoms with E-state index in [1.807, 2.05) is 42.5 Å². The Morgan fingerprint density at radius 1 is 1.14 bits per heavy atom. The minimum Gasteiger partial charge on any atom is -0.447 e. The zero-order chi connectivity index (χ0) is 19.2. The van der Waals surface area contributed by atoms with E-state index in [0.29, 0.717) is 16.9 Å². The molecule has 0 unspecified atom stereocenters. The van der Waals surface area contributed by atoms with Crippen LogP contribution in [-0.4, -0.2) is 38.5 Å². The van der Waals surface area contributed by atoms with E-state index >= 15 is 0 Å². The molecule has 0 amide bonds. The summed E-state index contributed by atoms with van der Waals surface area (Å²) in [6.07, 6.45) is 3.03. The fourth-order valence-electron chi connectivity index (χ4n) is 2.54. The number of H-pyrrole nitrogens is 1. The molecule has 4 rings (SSSR count). The van der Waals surface area contributed by atoms with Crippen molar-refractivity contribution in [2.75, 3.05) is 12.4 Å². The maximum Gasteiger partial charge on any atom is 0.375 e. The standard InChI is InChI=1S/C20H14N4O3S/c25-19(17-21-10-11-22-17)26-12-3-4-13-28-20-24-23-18(27-20)16-9-5-7-14-6-1-2-8-15(14)16/h1-2,5-11H,12-13H2,(H,21,22). The number of aromatic nitrogens is 4. The number of aromatic amines is 1. The van der Waals surface area contributed by atoms with Crippen LogP contribution in [0.5, 0.6) is 0 Å². The van der Waals surface area contributed by atoms with Crippen LogP contribution in [0.4, 0.5) is 0 Å². The van der Waals surface area contributed by atoms with Gasteiger partial charge in [-0.05, 0) is 16.8 Å². The molecule has 4 aromatic rings. The monoisotopic (exact) mass is 390 g/mol. The lowest BCUT2D eigenvalue weighted by Crippen LogP contribution is -2.07. The van der Waals surface area contributed by atoms with Crippen LogP contribution in [-0.2, 0) is 4.74 Å². The van der Waals surface area contributed by atoms with Crippen molar-refractivity contribution in [1.82, 2.24) is 20.2 Å².